The van der Waals surface area contributed by atoms with E-state index in [2.05, 4.69) is 53.6 Å². The first kappa shape index (κ1) is 67.8. The molecule has 0 unspecified atom stereocenters. The van der Waals surface area contributed by atoms with Crippen LogP contribution in [0.2, 0.25) is 0 Å². The second kappa shape index (κ2) is 30.9. The van der Waals surface area contributed by atoms with E-state index in [0.29, 0.717) is 0 Å². The molecule has 29 nitrogen and oxygen atoms in total. The smallest absolute Gasteiger partial charge is 0.744 e. The number of sulfone groups is 2. The Labute approximate surface area is 488 Å². The third-order valence-corrected chi connectivity index (χ3v) is 13.3. The van der Waals surface area contributed by atoms with Crippen LogP contribution in [0, 0.1) is 0 Å². The van der Waals surface area contributed by atoms with E-state index in [-0.39, 0.29) is 165 Å². The van der Waals surface area contributed by atoms with E-state index in [1.807, 2.05) is 0 Å². The molecule has 0 radical (unpaired) electrons. The van der Waals surface area contributed by atoms with Crippen LogP contribution in [0.1, 0.15) is 0 Å². The first-order valence-corrected chi connectivity index (χ1v) is 24.0. The number of benzene rings is 4. The molecule has 0 bridgehead atoms. The second-order valence-electron chi connectivity index (χ2n) is 11.6. The van der Waals surface area contributed by atoms with Gasteiger partial charge < -0.3 is 44.4 Å². The van der Waals surface area contributed by atoms with Gasteiger partial charge in [0.25, 0.3) is 0 Å². The van der Waals surface area contributed by atoms with Crippen LogP contribution in [-0.2, 0) is 67.3 Å². The summed E-state index contributed by atoms with van der Waals surface area (Å²) in [6.07, 6.45) is 0. The van der Waals surface area contributed by atoms with Crippen LogP contribution in [0.3, 0.4) is 0 Å². The van der Waals surface area contributed by atoms with E-state index in [0.717, 1.165) is 68.8 Å². The van der Waals surface area contributed by atoms with Gasteiger partial charge in [0.15, 0.2) is 66.3 Å². The van der Waals surface area contributed by atoms with Crippen molar-refractivity contribution in [2.75, 3.05) is 38.9 Å². The fourth-order valence-electron chi connectivity index (χ4n) is 4.73. The molecule has 3 N–H and O–H groups in total. The Kier molecular flexibility index (Phi) is 30.3. The quantitative estimate of drug-likeness (QED) is 0.00857. The third kappa shape index (κ3) is 19.9. The zero-order chi connectivity index (χ0) is 48.2. The predicted octanol–water partition coefficient (Wildman–Crippen LogP) is -8.96. The Morgan fingerprint density at radius 1 is 0.565 bits per heavy atom. The van der Waals surface area contributed by atoms with Gasteiger partial charge in [0.2, 0.25) is 10.4 Å². The van der Waals surface area contributed by atoms with Crippen molar-refractivity contribution in [3.63, 3.8) is 0 Å². The van der Waals surface area contributed by atoms with Crippen molar-refractivity contribution in [3.05, 3.63) is 54.6 Å². The van der Waals surface area contributed by atoms with Crippen molar-refractivity contribution < 1.29 is 223 Å². The van der Waals surface area contributed by atoms with Gasteiger partial charge in [-0.2, -0.15) is 4.33 Å². The average Bonchev–Trinajstić information content (AvgIpc) is 3.24. The number of rotatable bonds is 24. The van der Waals surface area contributed by atoms with Gasteiger partial charge in [0, 0.05) is 4.90 Å². The van der Waals surface area contributed by atoms with Crippen molar-refractivity contribution in [2.45, 2.75) is 19.6 Å². The van der Waals surface area contributed by atoms with Crippen LogP contribution in [0.15, 0.2) is 105 Å². The summed E-state index contributed by atoms with van der Waals surface area (Å²) in [7, 11) is -16.9. The summed E-state index contributed by atoms with van der Waals surface area (Å²) in [6.45, 7) is -1.57. The maximum atomic E-state index is 13.0. The van der Waals surface area contributed by atoms with Gasteiger partial charge in [-0.15, -0.1) is 35.0 Å². The van der Waals surface area contributed by atoms with E-state index in [1.165, 1.54) is 0 Å². The van der Waals surface area contributed by atoms with Gasteiger partial charge in [-0.05, 0) is 54.6 Å². The van der Waals surface area contributed by atoms with E-state index in [1.54, 1.807) is 0 Å². The molecule has 0 saturated heterocycles. The van der Waals surface area contributed by atoms with Gasteiger partial charge in [0.1, 0.15) is 38.7 Å². The van der Waals surface area contributed by atoms with E-state index in [4.69, 9.17) is 13.7 Å². The molecular weight excluding hydrogens is 1100 g/mol. The summed E-state index contributed by atoms with van der Waals surface area (Å²) >= 11 is 0.291. The van der Waals surface area contributed by atoms with Crippen LogP contribution < -0.4 is 138 Å². The van der Waals surface area contributed by atoms with Crippen molar-refractivity contribution in [1.29, 1.82) is 0 Å². The predicted molar refractivity (Wildman–Crippen MR) is 208 cm³/mol. The monoisotopic (exact) mass is 1120 g/mol. The topological polar surface area (TPSA) is 437 Å². The second-order valence-corrected chi connectivity index (χ2v) is 19.5. The van der Waals surface area contributed by atoms with E-state index >= 15 is 0 Å². The summed E-state index contributed by atoms with van der Waals surface area (Å²) in [5.41, 5.74) is -4.80. The zero-order valence-electron chi connectivity index (χ0n) is 36.2. The minimum atomic E-state index is -5.33. The molecule has 0 aliphatic heterocycles. The fourth-order valence-corrected chi connectivity index (χ4v) is 8.64. The molecule has 0 aromatic heterocycles. The van der Waals surface area contributed by atoms with Gasteiger partial charge in [0.05, 0.1) is 65.7 Å². The first-order chi connectivity index (χ1) is 30.6. The molecule has 0 spiro atoms. The fraction of sp³-hybridized carbons (Fsp3) is 0.200. The molecule has 0 heterocycles. The number of hydrogen-bond donors (Lipinski definition) is 3. The molecule has 0 fully saturated rings. The molecule has 4 aromatic carbocycles. The maximum absolute atomic E-state index is 13.0. The maximum Gasteiger partial charge on any atom is 1.00 e. The minimum absolute atomic E-state index is 0. The molecule has 0 amide bonds. The summed E-state index contributed by atoms with van der Waals surface area (Å²) in [5.74, 6) is -5.89. The number of methoxy groups -OCH3 is 2. The summed E-state index contributed by atoms with van der Waals surface area (Å²) in [5, 5.41) is 83.0. The number of aromatic hydroxyl groups is 3. The Balaban J connectivity index is 0.0000116. The van der Waals surface area contributed by atoms with Crippen LogP contribution in [-0.4, -0.2) is 97.0 Å². The molecule has 0 aliphatic carbocycles. The molecule has 0 atom stereocenters. The standard InChI is InChI=1S/C30H30N6O23S6.4Na/c1-52-22-6-4-17(62(42,43)11-9-54-61-59-57-41)14-19(22)31-34-25-28(37)26(35-32-20-15-18(5-7-23(20)53-2)63(44,45)12-10-55-65(49,50)51)30(39)27(29(25)38)36-33-21-13-16(60-58-56-40)3-8-24(21)64(46,47)48;;;;/h3-8,13-15,37-41H,9-12H2,1-2H3,(H,46,47,48)(H,49,50,51);;;;/q;4*+1/p-4. The molecular formula is C30H26N6Na4O23S6. The Morgan fingerprint density at radius 2 is 1.00 bits per heavy atom. The molecule has 39 heteroatoms. The van der Waals surface area contributed by atoms with Crippen LogP contribution >= 0.6 is 24.4 Å². The molecule has 0 saturated carbocycles. The normalized spacial score (nSPS) is 12.0. The molecule has 4 rings (SSSR count). The number of phenolic OH excluding ortho intramolecular Hbond substituents is 3. The average molecular weight is 1120 g/mol. The number of phenols is 3. The molecule has 354 valence electrons. The van der Waals surface area contributed by atoms with Crippen molar-refractivity contribution >= 4 is 98.7 Å². The van der Waals surface area contributed by atoms with E-state index in [9.17, 15) is 68.6 Å². The minimum Gasteiger partial charge on any atom is -0.744 e. The first-order valence-electron chi connectivity index (χ1n) is 16.5. The third-order valence-electron chi connectivity index (χ3n) is 7.61. The van der Waals surface area contributed by atoms with Gasteiger partial charge in [-0.1, -0.05) is 0 Å². The van der Waals surface area contributed by atoms with Crippen molar-refractivity contribution in [1.82, 2.24) is 0 Å². The number of nitrogens with zero attached hydrogens (tertiary/aromatic N) is 6. The summed E-state index contributed by atoms with van der Waals surface area (Å²) in [6, 6.07) is 8.67. The van der Waals surface area contributed by atoms with Gasteiger partial charge >= 0.3 is 118 Å². The molecule has 0 aliphatic rings. The summed E-state index contributed by atoms with van der Waals surface area (Å²) < 4.78 is 148. The zero-order valence-corrected chi connectivity index (χ0v) is 49.1. The Morgan fingerprint density at radius 3 is 1.41 bits per heavy atom. The largest absolute Gasteiger partial charge is 1.00 e. The Hall–Kier alpha value is -1.22. The number of ether oxygens (including phenoxy) is 2. The molecule has 4 aromatic rings. The van der Waals surface area contributed by atoms with Crippen LogP contribution in [0.4, 0.5) is 34.1 Å². The van der Waals surface area contributed by atoms with Gasteiger partial charge in [-0.3, -0.25) is 18.4 Å². The number of hydrogen-bond acceptors (Lipinski definition) is 31. The van der Waals surface area contributed by atoms with Crippen LogP contribution in [0.25, 0.3) is 0 Å². The van der Waals surface area contributed by atoms with Crippen molar-refractivity contribution in [3.8, 4) is 28.7 Å². The summed E-state index contributed by atoms with van der Waals surface area (Å²) in [4.78, 5) is -2.07. The number of azo groups is 3. The SMILES string of the molecule is COc1ccc(S(=O)(=O)CCOSOO[O-])cc1N=Nc1c(O)c(N=Nc2cc(S(=O)(=O)CCOS(=O)(=O)[O-])ccc2OC)c(O)c(N=Nc2cc(SOO[O-])ccc2S(=O)(=O)[O-])c1O.[Na+].[Na+].[Na+].[Na+]. The van der Waals surface area contributed by atoms with E-state index < -0.39 is 125 Å². The van der Waals surface area contributed by atoms with Crippen LogP contribution in [0.5, 0.6) is 28.7 Å². The molecule has 69 heavy (non-hydrogen) atoms. The Bertz CT molecular complexity index is 2940. The van der Waals surface area contributed by atoms with Gasteiger partial charge in [-0.25, -0.2) is 33.7 Å². The van der Waals surface area contributed by atoms with Crippen molar-refractivity contribution in [2.24, 2.45) is 30.7 Å².